The largest absolute Gasteiger partial charge is 0.340 e. The molecule has 3 rings (SSSR count). The fourth-order valence-corrected chi connectivity index (χ4v) is 2.53. The van der Waals surface area contributed by atoms with Gasteiger partial charge in [0.05, 0.1) is 0 Å². The van der Waals surface area contributed by atoms with Gasteiger partial charge in [-0.15, -0.1) is 0 Å². The lowest BCUT2D eigenvalue weighted by atomic mass is 10.0. The summed E-state index contributed by atoms with van der Waals surface area (Å²) in [5, 5.41) is 6.12. The summed E-state index contributed by atoms with van der Waals surface area (Å²) in [6.45, 7) is 6.18. The van der Waals surface area contributed by atoms with E-state index in [-0.39, 0.29) is 5.91 Å². The van der Waals surface area contributed by atoms with Gasteiger partial charge in [-0.2, -0.15) is 0 Å². The van der Waals surface area contributed by atoms with Crippen LogP contribution < -0.4 is 10.6 Å². The molecule has 3 aromatic rings. The molecule has 2 aromatic carbocycles. The van der Waals surface area contributed by atoms with Gasteiger partial charge >= 0.3 is 0 Å². The Hall–Kier alpha value is -3.21. The molecule has 0 aliphatic heterocycles. The molecule has 0 spiro atoms. The molecule has 1 aromatic heterocycles. The average Bonchev–Trinajstić information content (AvgIpc) is 2.63. The van der Waals surface area contributed by atoms with Crippen molar-refractivity contribution >= 4 is 23.1 Å². The number of carbonyl (C=O) groups excluding carboxylic acids is 1. The number of rotatable bonds is 5. The van der Waals surface area contributed by atoms with Crippen LogP contribution in [0.4, 0.5) is 17.2 Å². The zero-order chi connectivity index (χ0) is 18.5. The summed E-state index contributed by atoms with van der Waals surface area (Å²) in [5.74, 6) is 1.07. The topological polar surface area (TPSA) is 66.9 Å². The fourth-order valence-electron chi connectivity index (χ4n) is 2.53. The second-order valence-electron chi connectivity index (χ2n) is 6.48. The van der Waals surface area contributed by atoms with Crippen molar-refractivity contribution in [1.29, 1.82) is 0 Å². The molecule has 0 aliphatic carbocycles. The molecule has 0 radical (unpaired) electrons. The number of hydrogen-bond donors (Lipinski definition) is 2. The zero-order valence-corrected chi connectivity index (χ0v) is 15.2. The molecule has 1 heterocycles. The summed E-state index contributed by atoms with van der Waals surface area (Å²) >= 11 is 0. The number of benzene rings is 2. The highest BCUT2D eigenvalue weighted by molar-refractivity contribution is 6.04. The third kappa shape index (κ3) is 4.45. The Bertz CT molecular complexity index is 887. The monoisotopic (exact) mass is 346 g/mol. The number of aromatic nitrogens is 2. The molecule has 0 saturated carbocycles. The highest BCUT2D eigenvalue weighted by Crippen LogP contribution is 2.19. The number of amides is 1. The number of nitrogens with zero attached hydrogens (tertiary/aromatic N) is 2. The minimum absolute atomic E-state index is 0.118. The molecule has 2 N–H and O–H groups in total. The van der Waals surface area contributed by atoms with E-state index < -0.39 is 0 Å². The van der Waals surface area contributed by atoms with Gasteiger partial charge in [-0.25, -0.2) is 9.97 Å². The number of hydrogen-bond acceptors (Lipinski definition) is 4. The third-order valence-corrected chi connectivity index (χ3v) is 4.06. The minimum atomic E-state index is -0.118. The van der Waals surface area contributed by atoms with Gasteiger partial charge in [0.2, 0.25) is 0 Å². The van der Waals surface area contributed by atoms with E-state index in [2.05, 4.69) is 34.4 Å². The first-order chi connectivity index (χ1) is 12.5. The SMILES string of the molecule is Cc1cc(Nc2ccc(NC(=O)c3ccc(C(C)C)cc3)cc2)ncn1. The van der Waals surface area contributed by atoms with E-state index >= 15 is 0 Å². The Morgan fingerprint density at radius 3 is 2.19 bits per heavy atom. The molecule has 26 heavy (non-hydrogen) atoms. The van der Waals surface area contributed by atoms with Gasteiger partial charge in [0.25, 0.3) is 5.91 Å². The van der Waals surface area contributed by atoms with E-state index in [1.54, 1.807) is 0 Å². The Kier molecular flexibility index (Phi) is 5.27. The molecule has 0 atom stereocenters. The lowest BCUT2D eigenvalue weighted by Crippen LogP contribution is -2.11. The lowest BCUT2D eigenvalue weighted by molar-refractivity contribution is 0.102. The first-order valence-electron chi connectivity index (χ1n) is 8.58. The molecule has 0 fully saturated rings. The quantitative estimate of drug-likeness (QED) is 0.689. The van der Waals surface area contributed by atoms with Crippen molar-refractivity contribution in [1.82, 2.24) is 9.97 Å². The van der Waals surface area contributed by atoms with E-state index in [0.29, 0.717) is 11.5 Å². The lowest BCUT2D eigenvalue weighted by Gasteiger charge is -2.09. The van der Waals surface area contributed by atoms with Crippen LogP contribution >= 0.6 is 0 Å². The molecule has 0 saturated heterocycles. The Balaban J connectivity index is 1.64. The van der Waals surface area contributed by atoms with Gasteiger partial charge in [0.15, 0.2) is 0 Å². The van der Waals surface area contributed by atoms with Crippen molar-refractivity contribution in [3.05, 3.63) is 77.7 Å². The second-order valence-corrected chi connectivity index (χ2v) is 6.48. The van der Waals surface area contributed by atoms with Gasteiger partial charge < -0.3 is 10.6 Å². The van der Waals surface area contributed by atoms with Crippen LogP contribution in [-0.4, -0.2) is 15.9 Å². The first-order valence-corrected chi connectivity index (χ1v) is 8.58. The number of aryl methyl sites for hydroxylation is 1. The molecule has 0 bridgehead atoms. The highest BCUT2D eigenvalue weighted by atomic mass is 16.1. The third-order valence-electron chi connectivity index (χ3n) is 4.06. The number of carbonyl (C=O) groups is 1. The molecule has 1 amide bonds. The van der Waals surface area contributed by atoms with Gasteiger partial charge in [0, 0.05) is 28.7 Å². The molecule has 5 heteroatoms. The molecular weight excluding hydrogens is 324 g/mol. The van der Waals surface area contributed by atoms with Crippen LogP contribution in [0.1, 0.15) is 41.4 Å². The van der Waals surface area contributed by atoms with E-state index in [1.165, 1.54) is 11.9 Å². The molecular formula is C21H22N4O. The van der Waals surface area contributed by atoms with Crippen LogP contribution in [0.15, 0.2) is 60.9 Å². The summed E-state index contributed by atoms with van der Waals surface area (Å²) in [4.78, 5) is 20.6. The maximum Gasteiger partial charge on any atom is 0.255 e. The zero-order valence-electron chi connectivity index (χ0n) is 15.2. The Morgan fingerprint density at radius 1 is 0.923 bits per heavy atom. The van der Waals surface area contributed by atoms with Gasteiger partial charge in [-0.3, -0.25) is 4.79 Å². The second kappa shape index (κ2) is 7.78. The normalized spacial score (nSPS) is 10.6. The predicted octanol–water partition coefficient (Wildman–Crippen LogP) is 4.90. The Labute approximate surface area is 153 Å². The van der Waals surface area contributed by atoms with Crippen molar-refractivity contribution in [3.8, 4) is 0 Å². The summed E-state index contributed by atoms with van der Waals surface area (Å²) in [7, 11) is 0. The van der Waals surface area contributed by atoms with Crippen molar-refractivity contribution in [2.75, 3.05) is 10.6 Å². The van der Waals surface area contributed by atoms with Gasteiger partial charge in [-0.1, -0.05) is 26.0 Å². The van der Waals surface area contributed by atoms with E-state index in [9.17, 15) is 4.79 Å². The van der Waals surface area contributed by atoms with E-state index in [0.717, 1.165) is 22.9 Å². The minimum Gasteiger partial charge on any atom is -0.340 e. The van der Waals surface area contributed by atoms with Gasteiger partial charge in [0.1, 0.15) is 12.1 Å². The van der Waals surface area contributed by atoms with E-state index in [4.69, 9.17) is 0 Å². The summed E-state index contributed by atoms with van der Waals surface area (Å²) in [5.41, 5.74) is 4.40. The van der Waals surface area contributed by atoms with Crippen molar-refractivity contribution in [2.24, 2.45) is 0 Å². The van der Waals surface area contributed by atoms with E-state index in [1.807, 2.05) is 61.5 Å². The van der Waals surface area contributed by atoms with Gasteiger partial charge in [-0.05, 0) is 54.8 Å². The highest BCUT2D eigenvalue weighted by Gasteiger charge is 2.07. The van der Waals surface area contributed by atoms with Crippen LogP contribution in [0.3, 0.4) is 0 Å². The van der Waals surface area contributed by atoms with Crippen molar-refractivity contribution in [3.63, 3.8) is 0 Å². The maximum absolute atomic E-state index is 12.4. The van der Waals surface area contributed by atoms with Crippen LogP contribution in [0.25, 0.3) is 0 Å². The first kappa shape index (κ1) is 17.6. The maximum atomic E-state index is 12.4. The summed E-state index contributed by atoms with van der Waals surface area (Å²) in [6.07, 6.45) is 1.52. The Morgan fingerprint density at radius 2 is 1.58 bits per heavy atom. The molecule has 0 aliphatic rings. The fraction of sp³-hybridized carbons (Fsp3) is 0.190. The molecule has 5 nitrogen and oxygen atoms in total. The molecule has 0 unspecified atom stereocenters. The average molecular weight is 346 g/mol. The van der Waals surface area contributed by atoms with Crippen LogP contribution in [0.5, 0.6) is 0 Å². The smallest absolute Gasteiger partial charge is 0.255 e. The predicted molar refractivity (Wildman–Crippen MR) is 105 cm³/mol. The van der Waals surface area contributed by atoms with Crippen LogP contribution in [0.2, 0.25) is 0 Å². The molecule has 132 valence electrons. The van der Waals surface area contributed by atoms with Crippen LogP contribution in [-0.2, 0) is 0 Å². The van der Waals surface area contributed by atoms with Crippen molar-refractivity contribution < 1.29 is 4.79 Å². The van der Waals surface area contributed by atoms with Crippen LogP contribution in [0, 0.1) is 6.92 Å². The number of anilines is 3. The van der Waals surface area contributed by atoms with Crippen molar-refractivity contribution in [2.45, 2.75) is 26.7 Å². The summed E-state index contributed by atoms with van der Waals surface area (Å²) < 4.78 is 0. The summed E-state index contributed by atoms with van der Waals surface area (Å²) in [6, 6.07) is 17.1. The standard InChI is InChI=1S/C21H22N4O/c1-14(2)16-4-6-17(7-5-16)21(26)25-19-10-8-18(9-11-19)24-20-12-15(3)22-13-23-20/h4-14H,1-3H3,(H,25,26)(H,22,23,24). The number of nitrogens with one attached hydrogen (secondary N) is 2.